The van der Waals surface area contributed by atoms with Crippen molar-refractivity contribution in [2.75, 3.05) is 6.54 Å². The van der Waals surface area contributed by atoms with Gasteiger partial charge in [-0.1, -0.05) is 6.07 Å². The van der Waals surface area contributed by atoms with Crippen molar-refractivity contribution in [1.82, 2.24) is 5.32 Å². The molecule has 0 saturated heterocycles. The van der Waals surface area contributed by atoms with Gasteiger partial charge in [0.1, 0.15) is 0 Å². The lowest BCUT2D eigenvalue weighted by molar-refractivity contribution is 0.0696. The van der Waals surface area contributed by atoms with Crippen LogP contribution in [-0.2, 0) is 13.0 Å². The molecule has 1 N–H and O–H groups in total. The smallest absolute Gasteiger partial charge is 0.335 e. The van der Waals surface area contributed by atoms with E-state index in [1.165, 1.54) is 5.56 Å². The van der Waals surface area contributed by atoms with E-state index in [0.29, 0.717) is 12.1 Å². The van der Waals surface area contributed by atoms with Crippen molar-refractivity contribution in [3.63, 3.8) is 0 Å². The van der Waals surface area contributed by atoms with Crippen LogP contribution in [0.25, 0.3) is 0 Å². The molecule has 1 radical (unpaired) electrons. The fourth-order valence-electron chi connectivity index (χ4n) is 1.55. The van der Waals surface area contributed by atoms with Gasteiger partial charge in [-0.25, -0.2) is 10.1 Å². The second-order valence-corrected chi connectivity index (χ2v) is 3.14. The lowest BCUT2D eigenvalue weighted by Gasteiger charge is -2.15. The molecule has 1 aliphatic heterocycles. The van der Waals surface area contributed by atoms with Crippen LogP contribution in [0.2, 0.25) is 0 Å². The first-order valence-corrected chi connectivity index (χ1v) is 4.26. The zero-order valence-electron chi connectivity index (χ0n) is 7.16. The molecule has 1 aliphatic rings. The highest BCUT2D eigenvalue weighted by atomic mass is 16.4. The maximum Gasteiger partial charge on any atom is 0.335 e. The molecule has 0 saturated carbocycles. The molecule has 0 aliphatic carbocycles. The third-order valence-corrected chi connectivity index (χ3v) is 2.27. The Morgan fingerprint density at radius 3 is 3.00 bits per heavy atom. The highest BCUT2D eigenvalue weighted by molar-refractivity contribution is 5.87. The van der Waals surface area contributed by atoms with E-state index in [1.807, 2.05) is 6.07 Å². The van der Waals surface area contributed by atoms with Crippen LogP contribution in [0.4, 0.5) is 0 Å². The van der Waals surface area contributed by atoms with Gasteiger partial charge in [-0.15, -0.1) is 0 Å². The molecule has 0 aromatic heterocycles. The third kappa shape index (κ3) is 1.55. The molecule has 13 heavy (non-hydrogen) atoms. The Morgan fingerprint density at radius 2 is 2.23 bits per heavy atom. The maximum absolute atomic E-state index is 10.7. The molecule has 3 heteroatoms. The largest absolute Gasteiger partial charge is 0.478 e. The molecule has 0 amide bonds. The summed E-state index contributed by atoms with van der Waals surface area (Å²) in [5, 5.41) is 13.0. The Morgan fingerprint density at radius 1 is 1.38 bits per heavy atom. The van der Waals surface area contributed by atoms with E-state index in [4.69, 9.17) is 5.11 Å². The number of carbonyl (C=O) groups is 1. The number of hydrogen-bond acceptors (Lipinski definition) is 1. The third-order valence-electron chi connectivity index (χ3n) is 2.27. The van der Waals surface area contributed by atoms with Crippen LogP contribution in [0.3, 0.4) is 0 Å². The number of hydrogen-bond donors (Lipinski definition) is 1. The van der Waals surface area contributed by atoms with E-state index < -0.39 is 5.97 Å². The summed E-state index contributed by atoms with van der Waals surface area (Å²) in [6.07, 6.45) is 0.940. The SMILES string of the molecule is O=C(O)c1ccc2c(c1)C[N]CC2. The van der Waals surface area contributed by atoms with E-state index in [-0.39, 0.29) is 0 Å². The summed E-state index contributed by atoms with van der Waals surface area (Å²) in [6, 6.07) is 5.28. The van der Waals surface area contributed by atoms with Gasteiger partial charge in [-0.3, -0.25) is 0 Å². The first-order chi connectivity index (χ1) is 6.27. The summed E-state index contributed by atoms with van der Waals surface area (Å²) < 4.78 is 0. The molecule has 1 aromatic carbocycles. The molecular weight excluding hydrogens is 166 g/mol. The first kappa shape index (κ1) is 8.26. The number of fused-ring (bicyclic) bond motifs is 1. The van der Waals surface area contributed by atoms with E-state index in [1.54, 1.807) is 12.1 Å². The second kappa shape index (κ2) is 3.18. The fourth-order valence-corrected chi connectivity index (χ4v) is 1.55. The lowest BCUT2D eigenvalue weighted by atomic mass is 9.99. The molecule has 0 bridgehead atoms. The first-order valence-electron chi connectivity index (χ1n) is 4.26. The van der Waals surface area contributed by atoms with Crippen LogP contribution >= 0.6 is 0 Å². The highest BCUT2D eigenvalue weighted by Gasteiger charge is 2.11. The Kier molecular flexibility index (Phi) is 2.02. The normalized spacial score (nSPS) is 15.1. The standard InChI is InChI=1S/C10H10NO2/c12-10(13)8-2-1-7-3-4-11-6-9(7)5-8/h1-2,5H,3-4,6H2,(H,12,13). The molecule has 3 nitrogen and oxygen atoms in total. The molecule has 2 rings (SSSR count). The van der Waals surface area contributed by atoms with Crippen LogP contribution in [0.1, 0.15) is 21.5 Å². The van der Waals surface area contributed by atoms with Gasteiger partial charge in [0.25, 0.3) is 0 Å². The van der Waals surface area contributed by atoms with Gasteiger partial charge in [0.2, 0.25) is 0 Å². The minimum Gasteiger partial charge on any atom is -0.478 e. The van der Waals surface area contributed by atoms with Gasteiger partial charge in [0, 0.05) is 13.1 Å². The van der Waals surface area contributed by atoms with E-state index >= 15 is 0 Å². The molecule has 1 aromatic rings. The average Bonchev–Trinajstić information content (AvgIpc) is 2.17. The van der Waals surface area contributed by atoms with Crippen LogP contribution in [-0.4, -0.2) is 17.6 Å². The Bertz CT molecular complexity index is 347. The predicted octanol–water partition coefficient (Wildman–Crippen LogP) is 1.05. The van der Waals surface area contributed by atoms with Gasteiger partial charge < -0.3 is 5.11 Å². The van der Waals surface area contributed by atoms with Crippen molar-refractivity contribution in [3.8, 4) is 0 Å². The van der Waals surface area contributed by atoms with Gasteiger partial charge >= 0.3 is 5.97 Å². The molecular formula is C10H10NO2. The number of benzene rings is 1. The predicted molar refractivity (Wildman–Crippen MR) is 47.8 cm³/mol. The van der Waals surface area contributed by atoms with E-state index in [0.717, 1.165) is 18.5 Å². The lowest BCUT2D eigenvalue weighted by Crippen LogP contribution is -2.18. The van der Waals surface area contributed by atoms with Crippen LogP contribution in [0.5, 0.6) is 0 Å². The van der Waals surface area contributed by atoms with Crippen LogP contribution in [0.15, 0.2) is 18.2 Å². The summed E-state index contributed by atoms with van der Waals surface area (Å²) in [6.45, 7) is 1.52. The minimum atomic E-state index is -0.867. The Balaban J connectivity index is 2.40. The summed E-state index contributed by atoms with van der Waals surface area (Å²) in [5.74, 6) is -0.867. The fraction of sp³-hybridized carbons (Fsp3) is 0.300. The molecule has 0 atom stereocenters. The molecule has 0 spiro atoms. The summed E-state index contributed by atoms with van der Waals surface area (Å²) in [7, 11) is 0. The summed E-state index contributed by atoms with van der Waals surface area (Å²) in [5.41, 5.74) is 2.65. The number of aromatic carboxylic acids is 1. The number of nitrogens with zero attached hydrogens (tertiary/aromatic N) is 1. The van der Waals surface area contributed by atoms with E-state index in [9.17, 15) is 4.79 Å². The zero-order valence-corrected chi connectivity index (χ0v) is 7.16. The maximum atomic E-state index is 10.7. The summed E-state index contributed by atoms with van der Waals surface area (Å²) in [4.78, 5) is 10.7. The topological polar surface area (TPSA) is 51.4 Å². The van der Waals surface area contributed by atoms with Crippen molar-refractivity contribution in [1.29, 1.82) is 0 Å². The molecule has 67 valence electrons. The Labute approximate surface area is 76.4 Å². The van der Waals surface area contributed by atoms with Crippen molar-refractivity contribution < 1.29 is 9.90 Å². The van der Waals surface area contributed by atoms with Crippen LogP contribution in [0, 0.1) is 0 Å². The van der Waals surface area contributed by atoms with Crippen molar-refractivity contribution in [3.05, 3.63) is 34.9 Å². The van der Waals surface area contributed by atoms with Gasteiger partial charge in [-0.05, 0) is 29.7 Å². The minimum absolute atomic E-state index is 0.357. The molecule has 0 fully saturated rings. The average molecular weight is 176 g/mol. The van der Waals surface area contributed by atoms with Gasteiger partial charge in [0.15, 0.2) is 0 Å². The number of carboxylic acids is 1. The van der Waals surface area contributed by atoms with Gasteiger partial charge in [-0.2, -0.15) is 0 Å². The highest BCUT2D eigenvalue weighted by Crippen LogP contribution is 2.16. The van der Waals surface area contributed by atoms with Crippen LogP contribution < -0.4 is 5.32 Å². The second-order valence-electron chi connectivity index (χ2n) is 3.14. The monoisotopic (exact) mass is 176 g/mol. The van der Waals surface area contributed by atoms with Gasteiger partial charge in [0.05, 0.1) is 5.56 Å². The van der Waals surface area contributed by atoms with E-state index in [2.05, 4.69) is 5.32 Å². The zero-order chi connectivity index (χ0) is 9.26. The Hall–Kier alpha value is -1.35. The number of rotatable bonds is 1. The quantitative estimate of drug-likeness (QED) is 0.695. The molecule has 1 heterocycles. The number of carboxylic acid groups (broad SMARTS) is 1. The molecule has 0 unspecified atom stereocenters. The summed E-state index contributed by atoms with van der Waals surface area (Å²) >= 11 is 0. The van der Waals surface area contributed by atoms with Crippen molar-refractivity contribution in [2.24, 2.45) is 0 Å². The van der Waals surface area contributed by atoms with Crippen molar-refractivity contribution in [2.45, 2.75) is 13.0 Å². The van der Waals surface area contributed by atoms with Crippen molar-refractivity contribution >= 4 is 5.97 Å².